The van der Waals surface area contributed by atoms with Gasteiger partial charge in [0.2, 0.25) is 0 Å². The van der Waals surface area contributed by atoms with Crippen molar-refractivity contribution in [2.45, 2.75) is 32.0 Å². The zero-order chi connectivity index (χ0) is 9.61. The van der Waals surface area contributed by atoms with Crippen molar-refractivity contribution in [1.82, 2.24) is 0 Å². The number of aldehydes is 1. The fourth-order valence-corrected chi connectivity index (χ4v) is 0.771. The molecule has 0 aliphatic carbocycles. The van der Waals surface area contributed by atoms with Crippen LogP contribution in [0.2, 0.25) is 0 Å². The van der Waals surface area contributed by atoms with Crippen LogP contribution in [0.3, 0.4) is 0 Å². The minimum absolute atomic E-state index is 0.0143. The zero-order valence-electron chi connectivity index (χ0n) is 7.49. The summed E-state index contributed by atoms with van der Waals surface area (Å²) in [4.78, 5) is 10.4. The Morgan fingerprint density at radius 2 is 2.17 bits per heavy atom. The van der Waals surface area contributed by atoms with Gasteiger partial charge in [-0.15, -0.1) is 0 Å². The van der Waals surface area contributed by atoms with Crippen molar-refractivity contribution in [3.63, 3.8) is 0 Å². The highest BCUT2D eigenvalue weighted by Gasteiger charge is 2.33. The standard InChI is InChI=1S/C8H16O4/c1-3-8(11,6-9)7(10)5-12-4-2/h6-7,10-11H,3-5H2,1-2H3. The van der Waals surface area contributed by atoms with Gasteiger partial charge < -0.3 is 19.7 Å². The van der Waals surface area contributed by atoms with Gasteiger partial charge in [0.1, 0.15) is 11.7 Å². The highest BCUT2D eigenvalue weighted by atomic mass is 16.5. The molecule has 0 aliphatic heterocycles. The summed E-state index contributed by atoms with van der Waals surface area (Å²) in [5.74, 6) is 0. The second-order valence-corrected chi connectivity index (χ2v) is 2.64. The minimum atomic E-state index is -1.66. The highest BCUT2D eigenvalue weighted by molar-refractivity contribution is 5.63. The van der Waals surface area contributed by atoms with E-state index in [1.807, 2.05) is 0 Å². The largest absolute Gasteiger partial charge is 0.387 e. The van der Waals surface area contributed by atoms with Crippen LogP contribution in [0.5, 0.6) is 0 Å². The van der Waals surface area contributed by atoms with E-state index in [0.29, 0.717) is 12.9 Å². The molecule has 0 amide bonds. The predicted molar refractivity (Wildman–Crippen MR) is 43.8 cm³/mol. The molecule has 0 saturated heterocycles. The van der Waals surface area contributed by atoms with Crippen LogP contribution in [0.1, 0.15) is 20.3 Å². The van der Waals surface area contributed by atoms with Crippen LogP contribution >= 0.6 is 0 Å². The summed E-state index contributed by atoms with van der Waals surface area (Å²) in [7, 11) is 0. The van der Waals surface area contributed by atoms with Crippen molar-refractivity contribution in [1.29, 1.82) is 0 Å². The van der Waals surface area contributed by atoms with E-state index in [4.69, 9.17) is 4.74 Å². The highest BCUT2D eigenvalue weighted by Crippen LogP contribution is 2.12. The molecule has 2 atom stereocenters. The average Bonchev–Trinajstić information content (AvgIpc) is 2.12. The lowest BCUT2D eigenvalue weighted by atomic mass is 9.96. The summed E-state index contributed by atoms with van der Waals surface area (Å²) in [5.41, 5.74) is -1.66. The van der Waals surface area contributed by atoms with E-state index in [0.717, 1.165) is 0 Å². The van der Waals surface area contributed by atoms with Crippen molar-refractivity contribution >= 4 is 6.29 Å². The Balaban J connectivity index is 4.02. The van der Waals surface area contributed by atoms with Gasteiger partial charge in [0, 0.05) is 6.61 Å². The molecule has 0 fully saturated rings. The van der Waals surface area contributed by atoms with Gasteiger partial charge in [-0.05, 0) is 13.3 Å². The molecule has 72 valence electrons. The Bertz CT molecular complexity index is 137. The quantitative estimate of drug-likeness (QED) is 0.546. The molecule has 0 spiro atoms. The number of aliphatic hydroxyl groups is 2. The Hall–Kier alpha value is -0.450. The third-order valence-electron chi connectivity index (χ3n) is 1.83. The number of carbonyl (C=O) groups is 1. The molecule has 0 bridgehead atoms. The number of ether oxygens (including phenoxy) is 1. The van der Waals surface area contributed by atoms with E-state index >= 15 is 0 Å². The summed E-state index contributed by atoms with van der Waals surface area (Å²) in [5, 5.41) is 18.7. The number of hydrogen-bond acceptors (Lipinski definition) is 4. The first-order valence-corrected chi connectivity index (χ1v) is 4.05. The summed E-state index contributed by atoms with van der Waals surface area (Å²) < 4.78 is 4.88. The fourth-order valence-electron chi connectivity index (χ4n) is 0.771. The molecule has 0 aliphatic rings. The topological polar surface area (TPSA) is 66.8 Å². The van der Waals surface area contributed by atoms with Gasteiger partial charge in [-0.25, -0.2) is 0 Å². The molecule has 0 saturated carbocycles. The van der Waals surface area contributed by atoms with Crippen LogP contribution < -0.4 is 0 Å². The maximum Gasteiger partial charge on any atom is 0.154 e. The van der Waals surface area contributed by atoms with Crippen LogP contribution in [0.15, 0.2) is 0 Å². The smallest absolute Gasteiger partial charge is 0.154 e. The summed E-state index contributed by atoms with van der Waals surface area (Å²) >= 11 is 0. The average molecular weight is 176 g/mol. The van der Waals surface area contributed by atoms with E-state index in [9.17, 15) is 15.0 Å². The van der Waals surface area contributed by atoms with Gasteiger partial charge in [0.15, 0.2) is 6.29 Å². The first kappa shape index (κ1) is 11.6. The van der Waals surface area contributed by atoms with Gasteiger partial charge in [0.25, 0.3) is 0 Å². The van der Waals surface area contributed by atoms with Gasteiger partial charge in [0.05, 0.1) is 6.61 Å². The summed E-state index contributed by atoms with van der Waals surface area (Å²) in [6, 6.07) is 0. The summed E-state index contributed by atoms with van der Waals surface area (Å²) in [6.07, 6.45) is -0.596. The van der Waals surface area contributed by atoms with Gasteiger partial charge >= 0.3 is 0 Å². The molecule has 2 unspecified atom stereocenters. The molecule has 0 aromatic rings. The molecule has 0 aromatic carbocycles. The van der Waals surface area contributed by atoms with Crippen LogP contribution in [-0.4, -0.2) is 41.4 Å². The molecule has 0 radical (unpaired) electrons. The maximum absolute atomic E-state index is 10.4. The molecule has 12 heavy (non-hydrogen) atoms. The van der Waals surface area contributed by atoms with Gasteiger partial charge in [-0.3, -0.25) is 0 Å². The van der Waals surface area contributed by atoms with Crippen LogP contribution in [-0.2, 0) is 9.53 Å². The van der Waals surface area contributed by atoms with E-state index in [1.54, 1.807) is 13.8 Å². The normalized spacial score (nSPS) is 18.3. The van der Waals surface area contributed by atoms with Crippen molar-refractivity contribution < 1.29 is 19.7 Å². The number of rotatable bonds is 6. The molecule has 4 heteroatoms. The lowest BCUT2D eigenvalue weighted by molar-refractivity contribution is -0.143. The molecule has 0 rings (SSSR count). The van der Waals surface area contributed by atoms with Gasteiger partial charge in [-0.2, -0.15) is 0 Å². The van der Waals surface area contributed by atoms with Crippen molar-refractivity contribution in [2.24, 2.45) is 0 Å². The Labute approximate surface area is 72.2 Å². The molecule has 0 heterocycles. The van der Waals surface area contributed by atoms with E-state index in [1.165, 1.54) is 0 Å². The molecular formula is C8H16O4. The second kappa shape index (κ2) is 5.24. The number of aliphatic hydroxyl groups excluding tert-OH is 1. The zero-order valence-corrected chi connectivity index (χ0v) is 7.49. The predicted octanol–water partition coefficient (Wildman–Crippen LogP) is -0.276. The van der Waals surface area contributed by atoms with Crippen molar-refractivity contribution in [3.05, 3.63) is 0 Å². The van der Waals surface area contributed by atoms with Crippen molar-refractivity contribution in [3.8, 4) is 0 Å². The number of hydrogen-bond donors (Lipinski definition) is 2. The fraction of sp³-hybridized carbons (Fsp3) is 0.875. The van der Waals surface area contributed by atoms with Gasteiger partial charge in [-0.1, -0.05) is 6.92 Å². The molecule has 0 aromatic heterocycles. The first-order valence-electron chi connectivity index (χ1n) is 4.05. The Kier molecular flexibility index (Phi) is 5.04. The second-order valence-electron chi connectivity index (χ2n) is 2.64. The minimum Gasteiger partial charge on any atom is -0.387 e. The van der Waals surface area contributed by atoms with Crippen molar-refractivity contribution in [2.75, 3.05) is 13.2 Å². The molecule has 2 N–H and O–H groups in total. The molecule has 4 nitrogen and oxygen atoms in total. The first-order chi connectivity index (χ1) is 5.60. The lowest BCUT2D eigenvalue weighted by Gasteiger charge is -2.25. The Morgan fingerprint density at radius 3 is 2.50 bits per heavy atom. The number of carbonyl (C=O) groups excluding carboxylic acids is 1. The lowest BCUT2D eigenvalue weighted by Crippen LogP contribution is -2.46. The maximum atomic E-state index is 10.4. The SMILES string of the molecule is CCOCC(O)C(O)(C=O)CC. The third-order valence-corrected chi connectivity index (χ3v) is 1.83. The van der Waals surface area contributed by atoms with Crippen LogP contribution in [0.25, 0.3) is 0 Å². The van der Waals surface area contributed by atoms with Crippen LogP contribution in [0, 0.1) is 0 Å². The Morgan fingerprint density at radius 1 is 1.58 bits per heavy atom. The third kappa shape index (κ3) is 2.89. The molecular weight excluding hydrogens is 160 g/mol. The summed E-state index contributed by atoms with van der Waals surface area (Å²) in [6.45, 7) is 3.84. The van der Waals surface area contributed by atoms with E-state index in [2.05, 4.69) is 0 Å². The van der Waals surface area contributed by atoms with E-state index < -0.39 is 11.7 Å². The monoisotopic (exact) mass is 176 g/mol. The van der Waals surface area contributed by atoms with Crippen LogP contribution in [0.4, 0.5) is 0 Å². The van der Waals surface area contributed by atoms with E-state index in [-0.39, 0.29) is 13.0 Å².